The molecule has 0 N–H and O–H groups in total. The van der Waals surface area contributed by atoms with Gasteiger partial charge in [0, 0.05) is 12.1 Å². The Morgan fingerprint density at radius 3 is 2.83 bits per heavy atom. The van der Waals surface area contributed by atoms with E-state index >= 15 is 0 Å². The lowest BCUT2D eigenvalue weighted by Gasteiger charge is -2.04. The third-order valence-electron chi connectivity index (χ3n) is 1.56. The molecule has 1 aliphatic carbocycles. The number of hydrogen-bond donors (Lipinski definition) is 0. The highest BCUT2D eigenvalue weighted by atomic mass is 127. The average molecular weight is 340 g/mol. The summed E-state index contributed by atoms with van der Waals surface area (Å²) >= 11 is 5.50. The predicted molar refractivity (Wildman–Crippen MR) is 58.3 cm³/mol. The van der Waals surface area contributed by atoms with E-state index in [1.54, 1.807) is 0 Å². The number of halogens is 2. The van der Waals surface area contributed by atoms with Gasteiger partial charge in [0.25, 0.3) is 0 Å². The third-order valence-corrected chi connectivity index (χ3v) is 2.52. The highest BCUT2D eigenvalue weighted by Crippen LogP contribution is 2.28. The van der Waals surface area contributed by atoms with Gasteiger partial charge < -0.3 is 4.74 Å². The molecule has 1 aromatic rings. The summed E-state index contributed by atoms with van der Waals surface area (Å²) in [6.45, 7) is 0. The van der Waals surface area contributed by atoms with Gasteiger partial charge in [-0.05, 0) is 51.4 Å². The van der Waals surface area contributed by atoms with E-state index in [-0.39, 0.29) is 0 Å². The van der Waals surface area contributed by atoms with Crippen LogP contribution in [0.3, 0.4) is 0 Å². The molecule has 0 aromatic carbocycles. The zero-order valence-corrected chi connectivity index (χ0v) is 10.0. The van der Waals surface area contributed by atoms with Crippen molar-refractivity contribution in [3.63, 3.8) is 0 Å². The van der Waals surface area contributed by atoms with Crippen molar-refractivity contribution in [2.24, 2.45) is 0 Å². The Bertz CT molecular complexity index is 281. The van der Waals surface area contributed by atoms with E-state index in [9.17, 15) is 0 Å². The van der Waals surface area contributed by atoms with E-state index in [4.69, 9.17) is 4.74 Å². The molecule has 1 fully saturated rings. The molecule has 0 unspecified atom stereocenters. The van der Waals surface area contributed by atoms with E-state index in [2.05, 4.69) is 43.5 Å². The van der Waals surface area contributed by atoms with Crippen LogP contribution in [0.1, 0.15) is 12.8 Å². The number of nitrogens with zero attached hydrogens (tertiary/aromatic N) is 1. The minimum atomic E-state index is 0.454. The summed E-state index contributed by atoms with van der Waals surface area (Å²) in [7, 11) is 0. The van der Waals surface area contributed by atoms with Crippen LogP contribution in [-0.2, 0) is 0 Å². The molecule has 1 aliphatic rings. The molecule has 0 spiro atoms. The molecule has 0 aliphatic heterocycles. The number of pyridine rings is 1. The number of ether oxygens (including phenoxy) is 1. The van der Waals surface area contributed by atoms with Crippen LogP contribution in [0.15, 0.2) is 16.7 Å². The molecule has 4 heteroatoms. The van der Waals surface area contributed by atoms with E-state index in [1.165, 1.54) is 12.8 Å². The molecule has 0 atom stereocenters. The Morgan fingerprint density at radius 1 is 1.50 bits per heavy atom. The first-order valence-corrected chi connectivity index (χ1v) is 5.61. The van der Waals surface area contributed by atoms with Gasteiger partial charge in [-0.1, -0.05) is 0 Å². The van der Waals surface area contributed by atoms with Gasteiger partial charge >= 0.3 is 0 Å². The largest absolute Gasteiger partial charge is 0.490 e. The first-order chi connectivity index (χ1) is 5.74. The molecule has 1 aromatic heterocycles. The monoisotopic (exact) mass is 339 g/mol. The predicted octanol–water partition coefficient (Wildman–Crippen LogP) is 2.99. The highest BCUT2D eigenvalue weighted by molar-refractivity contribution is 14.1. The number of hydrogen-bond acceptors (Lipinski definition) is 2. The Balaban J connectivity index is 2.18. The molecule has 0 saturated heterocycles. The van der Waals surface area contributed by atoms with Gasteiger partial charge in [0.15, 0.2) is 0 Å². The minimum absolute atomic E-state index is 0.454. The highest BCUT2D eigenvalue weighted by Gasteiger charge is 2.23. The SMILES string of the molecule is Brc1cc(OC2CC2)cc(I)n1. The maximum absolute atomic E-state index is 5.61. The van der Waals surface area contributed by atoms with E-state index in [1.807, 2.05) is 12.1 Å². The summed E-state index contributed by atoms with van der Waals surface area (Å²) in [4.78, 5) is 4.19. The van der Waals surface area contributed by atoms with Crippen molar-refractivity contribution in [2.75, 3.05) is 0 Å². The molecule has 12 heavy (non-hydrogen) atoms. The van der Waals surface area contributed by atoms with Crippen LogP contribution in [0.25, 0.3) is 0 Å². The van der Waals surface area contributed by atoms with Crippen LogP contribution in [0, 0.1) is 3.70 Å². The second kappa shape index (κ2) is 3.49. The summed E-state index contributed by atoms with van der Waals surface area (Å²) in [5.74, 6) is 0.920. The summed E-state index contributed by atoms with van der Waals surface area (Å²) < 4.78 is 7.41. The summed E-state index contributed by atoms with van der Waals surface area (Å²) in [6.07, 6.45) is 2.84. The fourth-order valence-corrected chi connectivity index (χ4v) is 2.20. The molecule has 0 bridgehead atoms. The third kappa shape index (κ3) is 2.32. The smallest absolute Gasteiger partial charge is 0.125 e. The molecule has 0 amide bonds. The van der Waals surface area contributed by atoms with E-state index < -0.39 is 0 Å². The Labute approximate surface area is 93.0 Å². The van der Waals surface area contributed by atoms with Gasteiger partial charge in [0.2, 0.25) is 0 Å². The van der Waals surface area contributed by atoms with Crippen molar-refractivity contribution < 1.29 is 4.74 Å². The molecule has 1 heterocycles. The zero-order chi connectivity index (χ0) is 8.55. The molecule has 64 valence electrons. The van der Waals surface area contributed by atoms with Crippen molar-refractivity contribution in [3.8, 4) is 5.75 Å². The topological polar surface area (TPSA) is 22.1 Å². The van der Waals surface area contributed by atoms with Crippen molar-refractivity contribution in [1.82, 2.24) is 4.98 Å². The molecule has 1 saturated carbocycles. The van der Waals surface area contributed by atoms with Crippen molar-refractivity contribution >= 4 is 38.5 Å². The first-order valence-electron chi connectivity index (χ1n) is 3.74. The van der Waals surface area contributed by atoms with Gasteiger partial charge in [-0.15, -0.1) is 0 Å². The zero-order valence-electron chi connectivity index (χ0n) is 6.26. The molecule has 2 nitrogen and oxygen atoms in total. The Morgan fingerprint density at radius 2 is 2.25 bits per heavy atom. The maximum atomic E-state index is 5.61. The number of rotatable bonds is 2. The minimum Gasteiger partial charge on any atom is -0.490 e. The van der Waals surface area contributed by atoms with Crippen LogP contribution in [0.2, 0.25) is 0 Å². The lowest BCUT2D eigenvalue weighted by Crippen LogP contribution is -1.96. The standard InChI is InChI=1S/C8H7BrINO/c9-7-3-6(4-8(10)11-7)12-5-1-2-5/h3-5H,1-2H2. The second-order valence-electron chi connectivity index (χ2n) is 2.77. The van der Waals surface area contributed by atoms with E-state index in [0.717, 1.165) is 14.1 Å². The summed E-state index contributed by atoms with van der Waals surface area (Å²) in [6, 6.07) is 3.85. The van der Waals surface area contributed by atoms with Gasteiger partial charge in [-0.3, -0.25) is 0 Å². The van der Waals surface area contributed by atoms with Crippen molar-refractivity contribution in [2.45, 2.75) is 18.9 Å². The van der Waals surface area contributed by atoms with E-state index in [0.29, 0.717) is 6.10 Å². The Kier molecular flexibility index (Phi) is 2.55. The maximum Gasteiger partial charge on any atom is 0.125 e. The Hall–Kier alpha value is 0.160. The summed E-state index contributed by atoms with van der Waals surface area (Å²) in [5.41, 5.74) is 0. The van der Waals surface area contributed by atoms with Crippen LogP contribution in [-0.4, -0.2) is 11.1 Å². The lowest BCUT2D eigenvalue weighted by atomic mass is 10.4. The molecular formula is C8H7BrINO. The second-order valence-corrected chi connectivity index (χ2v) is 4.68. The quantitative estimate of drug-likeness (QED) is 0.610. The van der Waals surface area contributed by atoms with Gasteiger partial charge in [0.1, 0.15) is 14.1 Å². The average Bonchev–Trinajstić information content (AvgIpc) is 2.68. The summed E-state index contributed by atoms with van der Waals surface area (Å²) in [5, 5.41) is 0. The van der Waals surface area contributed by atoms with Crippen LogP contribution >= 0.6 is 38.5 Å². The fraction of sp³-hybridized carbons (Fsp3) is 0.375. The first kappa shape index (κ1) is 8.74. The van der Waals surface area contributed by atoms with Gasteiger partial charge in [0.05, 0.1) is 6.10 Å². The van der Waals surface area contributed by atoms with Gasteiger partial charge in [-0.25, -0.2) is 4.98 Å². The molecular weight excluding hydrogens is 333 g/mol. The number of aromatic nitrogens is 1. The normalized spacial score (nSPS) is 16.2. The van der Waals surface area contributed by atoms with Crippen LogP contribution in [0.4, 0.5) is 0 Å². The lowest BCUT2D eigenvalue weighted by molar-refractivity contribution is 0.302. The van der Waals surface area contributed by atoms with Crippen LogP contribution in [0.5, 0.6) is 5.75 Å². The van der Waals surface area contributed by atoms with Crippen molar-refractivity contribution in [3.05, 3.63) is 20.4 Å². The van der Waals surface area contributed by atoms with Crippen LogP contribution < -0.4 is 4.74 Å². The van der Waals surface area contributed by atoms with Gasteiger partial charge in [-0.2, -0.15) is 0 Å². The van der Waals surface area contributed by atoms with Crippen molar-refractivity contribution in [1.29, 1.82) is 0 Å². The molecule has 2 rings (SSSR count). The fourth-order valence-electron chi connectivity index (χ4n) is 0.889. The molecule has 0 radical (unpaired) electrons.